The van der Waals surface area contributed by atoms with Gasteiger partial charge in [0.2, 0.25) is 0 Å². The van der Waals surface area contributed by atoms with Crippen molar-refractivity contribution in [3.63, 3.8) is 0 Å². The van der Waals surface area contributed by atoms with Crippen molar-refractivity contribution in [2.45, 2.75) is 19.4 Å². The van der Waals surface area contributed by atoms with Gasteiger partial charge in [0.15, 0.2) is 0 Å². The SMILES string of the molecule is CCN(C(=O)c1cccc2nccnc12)C1CCNC1. The molecular formula is C15H18N4O. The van der Waals surface area contributed by atoms with E-state index in [2.05, 4.69) is 15.3 Å². The van der Waals surface area contributed by atoms with Crippen molar-refractivity contribution in [2.75, 3.05) is 19.6 Å². The van der Waals surface area contributed by atoms with Crippen LogP contribution in [0.4, 0.5) is 0 Å². The highest BCUT2D eigenvalue weighted by molar-refractivity contribution is 6.04. The Morgan fingerprint density at radius 3 is 3.00 bits per heavy atom. The zero-order chi connectivity index (χ0) is 13.9. The first-order valence-corrected chi connectivity index (χ1v) is 7.02. The first-order chi connectivity index (χ1) is 9.81. The minimum absolute atomic E-state index is 0.0484. The molecule has 1 unspecified atom stereocenters. The third kappa shape index (κ3) is 2.25. The average molecular weight is 270 g/mol. The molecule has 1 atom stereocenters. The van der Waals surface area contributed by atoms with Gasteiger partial charge in [0, 0.05) is 31.5 Å². The molecule has 0 saturated carbocycles. The summed E-state index contributed by atoms with van der Waals surface area (Å²) in [5.74, 6) is 0.0484. The van der Waals surface area contributed by atoms with Gasteiger partial charge in [-0.05, 0) is 32.0 Å². The van der Waals surface area contributed by atoms with Crippen LogP contribution in [0, 0.1) is 0 Å². The Morgan fingerprint density at radius 2 is 2.25 bits per heavy atom. The van der Waals surface area contributed by atoms with Crippen molar-refractivity contribution in [1.82, 2.24) is 20.2 Å². The molecule has 3 rings (SSSR count). The average Bonchev–Trinajstić information content (AvgIpc) is 3.01. The minimum atomic E-state index is 0.0484. The van der Waals surface area contributed by atoms with Gasteiger partial charge < -0.3 is 10.2 Å². The van der Waals surface area contributed by atoms with E-state index in [1.807, 2.05) is 30.0 Å². The molecule has 2 heterocycles. The summed E-state index contributed by atoms with van der Waals surface area (Å²) in [6.07, 6.45) is 4.29. The van der Waals surface area contributed by atoms with Crippen molar-refractivity contribution >= 4 is 16.9 Å². The van der Waals surface area contributed by atoms with Crippen molar-refractivity contribution in [3.8, 4) is 0 Å². The molecule has 0 radical (unpaired) electrons. The van der Waals surface area contributed by atoms with E-state index >= 15 is 0 Å². The molecule has 0 bridgehead atoms. The van der Waals surface area contributed by atoms with Crippen LogP contribution in [0.5, 0.6) is 0 Å². The lowest BCUT2D eigenvalue weighted by molar-refractivity contribution is 0.0705. The second-order valence-corrected chi connectivity index (χ2v) is 4.97. The molecule has 0 spiro atoms. The third-order valence-corrected chi connectivity index (χ3v) is 3.81. The molecule has 0 aliphatic carbocycles. The summed E-state index contributed by atoms with van der Waals surface area (Å²) in [5, 5.41) is 3.31. The summed E-state index contributed by atoms with van der Waals surface area (Å²) in [5.41, 5.74) is 2.09. The Labute approximate surface area is 118 Å². The molecule has 1 N–H and O–H groups in total. The number of para-hydroxylation sites is 1. The van der Waals surface area contributed by atoms with Crippen LogP contribution in [0.1, 0.15) is 23.7 Å². The minimum Gasteiger partial charge on any atom is -0.335 e. The number of hydrogen-bond acceptors (Lipinski definition) is 4. The zero-order valence-electron chi connectivity index (χ0n) is 11.5. The van der Waals surface area contributed by atoms with E-state index in [0.717, 1.165) is 25.0 Å². The van der Waals surface area contributed by atoms with Crippen LogP contribution in [0.2, 0.25) is 0 Å². The van der Waals surface area contributed by atoms with Crippen molar-refractivity contribution in [2.24, 2.45) is 0 Å². The third-order valence-electron chi connectivity index (χ3n) is 3.81. The predicted octanol–water partition coefficient (Wildman–Crippen LogP) is 1.45. The standard InChI is InChI=1S/C15H18N4O/c1-2-19(11-6-7-16-10-11)15(20)12-4-3-5-13-14(12)18-9-8-17-13/h3-5,8-9,11,16H,2,6-7,10H2,1H3. The molecule has 104 valence electrons. The van der Waals surface area contributed by atoms with Gasteiger partial charge in [-0.1, -0.05) is 6.07 Å². The topological polar surface area (TPSA) is 58.1 Å². The number of carbonyl (C=O) groups is 1. The molecule has 1 saturated heterocycles. The highest BCUT2D eigenvalue weighted by Gasteiger charge is 2.27. The maximum Gasteiger partial charge on any atom is 0.256 e. The summed E-state index contributed by atoms with van der Waals surface area (Å²) in [6.45, 7) is 4.58. The molecule has 1 fully saturated rings. The number of fused-ring (bicyclic) bond motifs is 1. The van der Waals surface area contributed by atoms with Crippen LogP contribution in [-0.2, 0) is 0 Å². The quantitative estimate of drug-likeness (QED) is 0.917. The van der Waals surface area contributed by atoms with Gasteiger partial charge in [0.05, 0.1) is 11.1 Å². The maximum atomic E-state index is 12.8. The summed E-state index contributed by atoms with van der Waals surface area (Å²) >= 11 is 0. The van der Waals surface area contributed by atoms with Crippen molar-refractivity contribution in [1.29, 1.82) is 0 Å². The number of rotatable bonds is 3. The van der Waals surface area contributed by atoms with Gasteiger partial charge in [0.1, 0.15) is 5.52 Å². The van der Waals surface area contributed by atoms with Crippen LogP contribution >= 0.6 is 0 Å². The van der Waals surface area contributed by atoms with Gasteiger partial charge in [-0.15, -0.1) is 0 Å². The Balaban J connectivity index is 1.98. The molecule has 2 aromatic rings. The Hall–Kier alpha value is -2.01. The maximum absolute atomic E-state index is 12.8. The van der Waals surface area contributed by atoms with Crippen LogP contribution in [0.3, 0.4) is 0 Å². The first-order valence-electron chi connectivity index (χ1n) is 7.02. The smallest absolute Gasteiger partial charge is 0.256 e. The summed E-state index contributed by atoms with van der Waals surface area (Å²) < 4.78 is 0. The molecule has 1 aliphatic heterocycles. The lowest BCUT2D eigenvalue weighted by Gasteiger charge is -2.27. The number of hydrogen-bond donors (Lipinski definition) is 1. The molecule has 1 aliphatic rings. The number of amides is 1. The predicted molar refractivity (Wildman–Crippen MR) is 77.5 cm³/mol. The lowest BCUT2D eigenvalue weighted by atomic mass is 10.1. The summed E-state index contributed by atoms with van der Waals surface area (Å²) in [6, 6.07) is 5.86. The number of benzene rings is 1. The summed E-state index contributed by atoms with van der Waals surface area (Å²) in [4.78, 5) is 23.3. The second kappa shape index (κ2) is 5.54. The van der Waals surface area contributed by atoms with E-state index in [1.54, 1.807) is 12.4 Å². The van der Waals surface area contributed by atoms with Crippen molar-refractivity contribution in [3.05, 3.63) is 36.2 Å². The van der Waals surface area contributed by atoms with E-state index in [4.69, 9.17) is 0 Å². The Bertz CT molecular complexity index is 617. The van der Waals surface area contributed by atoms with Gasteiger partial charge in [-0.2, -0.15) is 0 Å². The highest BCUT2D eigenvalue weighted by Crippen LogP contribution is 2.18. The molecule has 1 amide bonds. The van der Waals surface area contributed by atoms with Gasteiger partial charge >= 0.3 is 0 Å². The number of nitrogens with one attached hydrogen (secondary N) is 1. The number of likely N-dealkylation sites (N-methyl/N-ethyl adjacent to an activating group) is 1. The van der Waals surface area contributed by atoms with Crippen LogP contribution in [-0.4, -0.2) is 46.5 Å². The van der Waals surface area contributed by atoms with E-state index in [-0.39, 0.29) is 11.9 Å². The molecule has 20 heavy (non-hydrogen) atoms. The van der Waals surface area contributed by atoms with Crippen LogP contribution in [0.15, 0.2) is 30.6 Å². The Morgan fingerprint density at radius 1 is 1.40 bits per heavy atom. The van der Waals surface area contributed by atoms with Gasteiger partial charge in [-0.3, -0.25) is 14.8 Å². The highest BCUT2D eigenvalue weighted by atomic mass is 16.2. The van der Waals surface area contributed by atoms with Gasteiger partial charge in [-0.25, -0.2) is 0 Å². The first kappa shape index (κ1) is 13.0. The second-order valence-electron chi connectivity index (χ2n) is 4.97. The molecule has 1 aromatic heterocycles. The van der Waals surface area contributed by atoms with E-state index in [0.29, 0.717) is 17.6 Å². The Kier molecular flexibility index (Phi) is 3.60. The molecule has 5 heteroatoms. The van der Waals surface area contributed by atoms with Crippen LogP contribution < -0.4 is 5.32 Å². The largest absolute Gasteiger partial charge is 0.335 e. The molecular weight excluding hydrogens is 252 g/mol. The number of aromatic nitrogens is 2. The monoisotopic (exact) mass is 270 g/mol. The zero-order valence-corrected chi connectivity index (χ0v) is 11.5. The fourth-order valence-corrected chi connectivity index (χ4v) is 2.79. The number of nitrogens with zero attached hydrogens (tertiary/aromatic N) is 3. The molecule has 5 nitrogen and oxygen atoms in total. The molecule has 1 aromatic carbocycles. The fourth-order valence-electron chi connectivity index (χ4n) is 2.79. The lowest BCUT2D eigenvalue weighted by Crippen LogP contribution is -2.41. The van der Waals surface area contributed by atoms with Gasteiger partial charge in [0.25, 0.3) is 5.91 Å². The van der Waals surface area contributed by atoms with E-state index in [1.165, 1.54) is 0 Å². The van der Waals surface area contributed by atoms with Crippen molar-refractivity contribution < 1.29 is 4.79 Å². The van der Waals surface area contributed by atoms with E-state index in [9.17, 15) is 4.79 Å². The number of carbonyl (C=O) groups excluding carboxylic acids is 1. The van der Waals surface area contributed by atoms with E-state index < -0.39 is 0 Å². The van der Waals surface area contributed by atoms with Crippen LogP contribution in [0.25, 0.3) is 11.0 Å². The summed E-state index contributed by atoms with van der Waals surface area (Å²) in [7, 11) is 0. The normalized spacial score (nSPS) is 18.4. The fraction of sp³-hybridized carbons (Fsp3) is 0.400.